The van der Waals surface area contributed by atoms with Gasteiger partial charge in [0, 0.05) is 11.8 Å². The van der Waals surface area contributed by atoms with Crippen molar-refractivity contribution in [2.24, 2.45) is 5.73 Å². The van der Waals surface area contributed by atoms with Gasteiger partial charge in [-0.2, -0.15) is 0 Å². The monoisotopic (exact) mass is 206 g/mol. The Morgan fingerprint density at radius 3 is 2.69 bits per heavy atom. The molecule has 0 saturated heterocycles. The Hall–Kier alpha value is -1.23. The van der Waals surface area contributed by atoms with Gasteiger partial charge in [0.1, 0.15) is 5.15 Å². The predicted octanol–water partition coefficient (Wildman–Crippen LogP) is 1.77. The number of hydrogen-bond donors (Lipinski definition) is 1. The standard InChI is InChI=1S/C7H5ClF2N2O/c8-5-1-3(7(11)13)4(2-12-5)6(9)10/h1-2,6H,(H2,11,13). The van der Waals surface area contributed by atoms with Crippen LogP contribution in [0, 0.1) is 0 Å². The van der Waals surface area contributed by atoms with Crippen LogP contribution in [0.25, 0.3) is 0 Å². The summed E-state index contributed by atoms with van der Waals surface area (Å²) >= 11 is 5.40. The van der Waals surface area contributed by atoms with Crippen LogP contribution in [0.1, 0.15) is 22.3 Å². The summed E-state index contributed by atoms with van der Waals surface area (Å²) in [6, 6.07) is 1.02. The van der Waals surface area contributed by atoms with E-state index in [4.69, 9.17) is 17.3 Å². The lowest BCUT2D eigenvalue weighted by Crippen LogP contribution is -2.14. The van der Waals surface area contributed by atoms with E-state index in [2.05, 4.69) is 4.98 Å². The van der Waals surface area contributed by atoms with Crippen LogP contribution in [0.4, 0.5) is 8.78 Å². The highest BCUT2D eigenvalue weighted by atomic mass is 35.5. The van der Waals surface area contributed by atoms with Crippen LogP contribution >= 0.6 is 11.6 Å². The van der Waals surface area contributed by atoms with Gasteiger partial charge in [0.15, 0.2) is 0 Å². The molecule has 0 aromatic carbocycles. The number of alkyl halides is 2. The normalized spacial score (nSPS) is 10.5. The third kappa shape index (κ3) is 2.12. The predicted molar refractivity (Wildman–Crippen MR) is 42.7 cm³/mol. The molecule has 0 aliphatic heterocycles. The van der Waals surface area contributed by atoms with E-state index < -0.39 is 17.9 Å². The van der Waals surface area contributed by atoms with Gasteiger partial charge < -0.3 is 5.73 Å². The minimum absolute atomic E-state index is 0.0433. The molecule has 0 aliphatic carbocycles. The van der Waals surface area contributed by atoms with Crippen molar-refractivity contribution in [3.8, 4) is 0 Å². The molecule has 1 rings (SSSR count). The molecular formula is C7H5ClF2N2O. The number of nitrogens with zero attached hydrogens (tertiary/aromatic N) is 1. The van der Waals surface area contributed by atoms with Gasteiger partial charge in [0.2, 0.25) is 5.91 Å². The molecule has 0 bridgehead atoms. The molecule has 0 radical (unpaired) electrons. The number of hydrogen-bond acceptors (Lipinski definition) is 2. The first kappa shape index (κ1) is 9.85. The van der Waals surface area contributed by atoms with Crippen LogP contribution in [-0.4, -0.2) is 10.9 Å². The molecule has 0 fully saturated rings. The first-order valence-corrected chi connectivity index (χ1v) is 3.63. The van der Waals surface area contributed by atoms with Crippen molar-refractivity contribution in [3.63, 3.8) is 0 Å². The fourth-order valence-electron chi connectivity index (χ4n) is 0.828. The van der Waals surface area contributed by atoms with Crippen molar-refractivity contribution >= 4 is 17.5 Å². The van der Waals surface area contributed by atoms with Gasteiger partial charge in [-0.25, -0.2) is 13.8 Å². The van der Waals surface area contributed by atoms with Crippen LogP contribution in [0.15, 0.2) is 12.3 Å². The van der Waals surface area contributed by atoms with Gasteiger partial charge in [-0.3, -0.25) is 4.79 Å². The van der Waals surface area contributed by atoms with E-state index in [9.17, 15) is 13.6 Å². The summed E-state index contributed by atoms with van der Waals surface area (Å²) in [5.74, 6) is -0.945. The second-order valence-electron chi connectivity index (χ2n) is 2.26. The van der Waals surface area contributed by atoms with E-state index in [0.29, 0.717) is 0 Å². The molecular weight excluding hydrogens is 202 g/mol. The Bertz CT molecular complexity index is 343. The average molecular weight is 207 g/mol. The van der Waals surface area contributed by atoms with Crippen LogP contribution in [0.5, 0.6) is 0 Å². The summed E-state index contributed by atoms with van der Waals surface area (Å²) in [5, 5.41) is -0.0433. The van der Waals surface area contributed by atoms with E-state index in [1.165, 1.54) is 0 Å². The minimum atomic E-state index is -2.78. The number of primary amides is 1. The van der Waals surface area contributed by atoms with Crippen LogP contribution in [0.2, 0.25) is 5.15 Å². The molecule has 1 aromatic heterocycles. The van der Waals surface area contributed by atoms with Crippen LogP contribution in [-0.2, 0) is 0 Å². The molecule has 0 unspecified atom stereocenters. The number of halogens is 3. The van der Waals surface area contributed by atoms with E-state index in [1.54, 1.807) is 0 Å². The molecule has 70 valence electrons. The van der Waals surface area contributed by atoms with E-state index >= 15 is 0 Å². The van der Waals surface area contributed by atoms with E-state index in [1.807, 2.05) is 0 Å². The highest BCUT2D eigenvalue weighted by Crippen LogP contribution is 2.23. The van der Waals surface area contributed by atoms with Crippen molar-refractivity contribution in [2.45, 2.75) is 6.43 Å². The first-order chi connectivity index (χ1) is 6.02. The molecule has 3 nitrogen and oxygen atoms in total. The quantitative estimate of drug-likeness (QED) is 0.750. The van der Waals surface area contributed by atoms with Gasteiger partial charge >= 0.3 is 0 Å². The molecule has 2 N–H and O–H groups in total. The Labute approximate surface area is 77.5 Å². The zero-order valence-electron chi connectivity index (χ0n) is 6.30. The molecule has 0 saturated carbocycles. The summed E-state index contributed by atoms with van der Waals surface area (Å²) in [6.45, 7) is 0. The maximum absolute atomic E-state index is 12.2. The number of carbonyl (C=O) groups excluding carboxylic acids is 1. The SMILES string of the molecule is NC(=O)c1cc(Cl)ncc1C(F)F. The molecule has 6 heteroatoms. The van der Waals surface area contributed by atoms with Crippen molar-refractivity contribution in [1.29, 1.82) is 0 Å². The minimum Gasteiger partial charge on any atom is -0.366 e. The fraction of sp³-hybridized carbons (Fsp3) is 0.143. The van der Waals surface area contributed by atoms with Gasteiger partial charge in [-0.05, 0) is 6.07 Å². The topological polar surface area (TPSA) is 56.0 Å². The number of pyridine rings is 1. The lowest BCUT2D eigenvalue weighted by Gasteiger charge is -2.04. The zero-order chi connectivity index (χ0) is 10.0. The number of rotatable bonds is 2. The molecule has 1 amide bonds. The third-order valence-electron chi connectivity index (χ3n) is 1.40. The summed E-state index contributed by atoms with van der Waals surface area (Å²) in [6.07, 6.45) is -1.94. The molecule has 0 spiro atoms. The van der Waals surface area contributed by atoms with Crippen LogP contribution in [0.3, 0.4) is 0 Å². The summed E-state index contributed by atoms with van der Waals surface area (Å²) in [5.41, 5.74) is 4.06. The van der Waals surface area contributed by atoms with Crippen molar-refractivity contribution in [3.05, 3.63) is 28.5 Å². The Morgan fingerprint density at radius 2 is 2.23 bits per heavy atom. The summed E-state index contributed by atoms with van der Waals surface area (Å²) < 4.78 is 24.5. The lowest BCUT2D eigenvalue weighted by atomic mass is 10.1. The lowest BCUT2D eigenvalue weighted by molar-refractivity contribution is 0.0986. The highest BCUT2D eigenvalue weighted by Gasteiger charge is 2.17. The van der Waals surface area contributed by atoms with Crippen molar-refractivity contribution in [2.75, 3.05) is 0 Å². The van der Waals surface area contributed by atoms with Gasteiger partial charge in [0.05, 0.1) is 5.56 Å². The fourth-order valence-corrected chi connectivity index (χ4v) is 0.986. The molecule has 1 heterocycles. The number of aromatic nitrogens is 1. The Morgan fingerprint density at radius 1 is 1.62 bits per heavy atom. The molecule has 0 atom stereocenters. The second-order valence-corrected chi connectivity index (χ2v) is 2.65. The van der Waals surface area contributed by atoms with Crippen LogP contribution < -0.4 is 5.73 Å². The van der Waals surface area contributed by atoms with Crippen molar-refractivity contribution in [1.82, 2.24) is 4.98 Å². The van der Waals surface area contributed by atoms with E-state index in [0.717, 1.165) is 12.3 Å². The number of amides is 1. The molecule has 1 aromatic rings. The van der Waals surface area contributed by atoms with Gasteiger partial charge in [-0.15, -0.1) is 0 Å². The first-order valence-electron chi connectivity index (χ1n) is 3.25. The largest absolute Gasteiger partial charge is 0.366 e. The number of nitrogens with two attached hydrogens (primary N) is 1. The molecule has 0 aliphatic rings. The van der Waals surface area contributed by atoms with E-state index in [-0.39, 0.29) is 10.7 Å². The average Bonchev–Trinajstić information content (AvgIpc) is 2.03. The maximum Gasteiger partial charge on any atom is 0.266 e. The summed E-state index contributed by atoms with van der Waals surface area (Å²) in [7, 11) is 0. The molecule has 13 heavy (non-hydrogen) atoms. The maximum atomic E-state index is 12.2. The smallest absolute Gasteiger partial charge is 0.266 e. The second kappa shape index (κ2) is 3.66. The highest BCUT2D eigenvalue weighted by molar-refractivity contribution is 6.29. The zero-order valence-corrected chi connectivity index (χ0v) is 7.05. The number of carbonyl (C=O) groups is 1. The Balaban J connectivity index is 3.27. The van der Waals surface area contributed by atoms with Gasteiger partial charge in [0.25, 0.3) is 6.43 Å². The summed E-state index contributed by atoms with van der Waals surface area (Å²) in [4.78, 5) is 14.1. The third-order valence-corrected chi connectivity index (χ3v) is 1.61. The van der Waals surface area contributed by atoms with Crippen molar-refractivity contribution < 1.29 is 13.6 Å². The Kier molecular flexibility index (Phi) is 2.77. The van der Waals surface area contributed by atoms with Gasteiger partial charge in [-0.1, -0.05) is 11.6 Å².